The normalized spacial score (nSPS) is 15.4. The molecule has 6 nitrogen and oxygen atoms in total. The number of benzene rings is 2. The van der Waals surface area contributed by atoms with E-state index in [9.17, 15) is 13.2 Å². The summed E-state index contributed by atoms with van der Waals surface area (Å²) in [6.45, 7) is 5.79. The molecule has 4 rings (SSSR count). The zero-order chi connectivity index (χ0) is 23.0. The Hall–Kier alpha value is -2.64. The minimum absolute atomic E-state index is 0.0363. The van der Waals surface area contributed by atoms with E-state index in [0.29, 0.717) is 22.2 Å². The highest BCUT2D eigenvalue weighted by molar-refractivity contribution is 7.89. The molecule has 1 fully saturated rings. The molecule has 0 aliphatic heterocycles. The molecule has 0 saturated heterocycles. The zero-order valence-corrected chi connectivity index (χ0v) is 19.9. The molecule has 32 heavy (non-hydrogen) atoms. The standard InChI is InChI=1S/C25H30N2O4S/c1-16-10-11-19(14-17(16)2)26-25(28)24-18(3)22-15-21(12-13-23(22)31-24)32(29,30)27(4)20-8-6-5-7-9-20/h10-15,20H,5-9H2,1-4H3,(H,26,28). The predicted octanol–water partition coefficient (Wildman–Crippen LogP) is 5.56. The summed E-state index contributed by atoms with van der Waals surface area (Å²) in [6, 6.07) is 10.6. The van der Waals surface area contributed by atoms with E-state index < -0.39 is 10.0 Å². The summed E-state index contributed by atoms with van der Waals surface area (Å²) in [5.41, 5.74) is 4.04. The van der Waals surface area contributed by atoms with Crippen LogP contribution in [0.1, 0.15) is 59.3 Å². The molecular weight excluding hydrogens is 424 g/mol. The molecule has 1 heterocycles. The van der Waals surface area contributed by atoms with Gasteiger partial charge in [0.05, 0.1) is 4.90 Å². The largest absolute Gasteiger partial charge is 0.451 e. The molecular formula is C25H30N2O4S. The van der Waals surface area contributed by atoms with Crippen LogP contribution in [-0.4, -0.2) is 31.7 Å². The van der Waals surface area contributed by atoms with Crippen LogP contribution >= 0.6 is 0 Å². The highest BCUT2D eigenvalue weighted by atomic mass is 32.2. The average Bonchev–Trinajstić information content (AvgIpc) is 3.12. The third-order valence-electron chi connectivity index (χ3n) is 6.64. The van der Waals surface area contributed by atoms with Crippen LogP contribution in [0, 0.1) is 20.8 Å². The summed E-state index contributed by atoms with van der Waals surface area (Å²) in [6.07, 6.45) is 5.07. The number of anilines is 1. The van der Waals surface area contributed by atoms with Gasteiger partial charge in [-0.3, -0.25) is 4.79 Å². The van der Waals surface area contributed by atoms with Gasteiger partial charge in [-0.1, -0.05) is 25.3 Å². The lowest BCUT2D eigenvalue weighted by Crippen LogP contribution is -2.38. The lowest BCUT2D eigenvalue weighted by Gasteiger charge is -2.30. The Morgan fingerprint density at radius 2 is 1.72 bits per heavy atom. The Balaban J connectivity index is 1.63. The SMILES string of the molecule is Cc1ccc(NC(=O)c2oc3ccc(S(=O)(=O)N(C)C4CCCCC4)cc3c2C)cc1C. The van der Waals surface area contributed by atoms with Crippen LogP contribution in [0.15, 0.2) is 45.7 Å². The number of carbonyl (C=O) groups is 1. The van der Waals surface area contributed by atoms with Gasteiger partial charge in [-0.15, -0.1) is 0 Å². The number of sulfonamides is 1. The number of furan rings is 1. The lowest BCUT2D eigenvalue weighted by molar-refractivity contribution is 0.0998. The minimum atomic E-state index is -3.62. The van der Waals surface area contributed by atoms with Crippen LogP contribution in [0.4, 0.5) is 5.69 Å². The highest BCUT2D eigenvalue weighted by Crippen LogP contribution is 2.31. The third kappa shape index (κ3) is 4.19. The molecule has 3 aromatic rings. The molecule has 0 unspecified atom stereocenters. The van der Waals surface area contributed by atoms with Gasteiger partial charge in [-0.25, -0.2) is 8.42 Å². The van der Waals surface area contributed by atoms with E-state index in [0.717, 1.165) is 43.2 Å². The van der Waals surface area contributed by atoms with Crippen molar-refractivity contribution < 1.29 is 17.6 Å². The van der Waals surface area contributed by atoms with E-state index >= 15 is 0 Å². The van der Waals surface area contributed by atoms with E-state index in [1.165, 1.54) is 4.31 Å². The Bertz CT molecular complexity index is 1270. The second kappa shape index (κ2) is 8.71. The van der Waals surface area contributed by atoms with E-state index in [1.54, 1.807) is 32.2 Å². The number of nitrogens with zero attached hydrogens (tertiary/aromatic N) is 1. The summed E-state index contributed by atoms with van der Waals surface area (Å²) < 4.78 is 33.8. The van der Waals surface area contributed by atoms with Crippen molar-refractivity contribution in [2.45, 2.75) is 63.8 Å². The summed E-state index contributed by atoms with van der Waals surface area (Å²) in [5, 5.41) is 3.51. The number of hydrogen-bond donors (Lipinski definition) is 1. The van der Waals surface area contributed by atoms with Gasteiger partial charge < -0.3 is 9.73 Å². The summed E-state index contributed by atoms with van der Waals surface area (Å²) in [5.74, 6) is -0.168. The molecule has 0 radical (unpaired) electrons. The average molecular weight is 455 g/mol. The van der Waals surface area contributed by atoms with Gasteiger partial charge in [-0.2, -0.15) is 4.31 Å². The predicted molar refractivity (Wildman–Crippen MR) is 127 cm³/mol. The fourth-order valence-electron chi connectivity index (χ4n) is 4.39. The summed E-state index contributed by atoms with van der Waals surface area (Å²) in [7, 11) is -1.96. The van der Waals surface area contributed by atoms with E-state index in [-0.39, 0.29) is 22.6 Å². The summed E-state index contributed by atoms with van der Waals surface area (Å²) in [4.78, 5) is 13.1. The van der Waals surface area contributed by atoms with Gasteiger partial charge in [0.25, 0.3) is 5.91 Å². The Morgan fingerprint density at radius 3 is 2.41 bits per heavy atom. The number of nitrogens with one attached hydrogen (secondary N) is 1. The molecule has 7 heteroatoms. The second-order valence-corrected chi connectivity index (χ2v) is 10.8. The molecule has 2 aromatic carbocycles. The fourth-order valence-corrected chi connectivity index (χ4v) is 5.83. The van der Waals surface area contributed by atoms with Crippen LogP contribution in [0.25, 0.3) is 11.0 Å². The number of fused-ring (bicyclic) bond motifs is 1. The van der Waals surface area contributed by atoms with E-state index in [1.807, 2.05) is 32.0 Å². The number of hydrogen-bond acceptors (Lipinski definition) is 4. The van der Waals surface area contributed by atoms with Gasteiger partial charge in [0.15, 0.2) is 5.76 Å². The Kier molecular flexibility index (Phi) is 6.14. The maximum absolute atomic E-state index is 13.2. The van der Waals surface area contributed by atoms with Gasteiger partial charge in [0.1, 0.15) is 5.58 Å². The quantitative estimate of drug-likeness (QED) is 0.547. The first-order valence-corrected chi connectivity index (χ1v) is 12.5. The second-order valence-electron chi connectivity index (χ2n) is 8.78. The lowest BCUT2D eigenvalue weighted by atomic mass is 9.96. The first kappa shape index (κ1) is 22.6. The smallest absolute Gasteiger partial charge is 0.291 e. The van der Waals surface area contributed by atoms with Crippen molar-refractivity contribution in [3.63, 3.8) is 0 Å². The van der Waals surface area contributed by atoms with Crippen molar-refractivity contribution in [2.24, 2.45) is 0 Å². The molecule has 1 saturated carbocycles. The number of rotatable bonds is 5. The number of aryl methyl sites for hydroxylation is 3. The number of carbonyl (C=O) groups excluding carboxylic acids is 1. The van der Waals surface area contributed by atoms with Gasteiger partial charge >= 0.3 is 0 Å². The maximum Gasteiger partial charge on any atom is 0.291 e. The Labute approximate surface area is 189 Å². The molecule has 1 amide bonds. The highest BCUT2D eigenvalue weighted by Gasteiger charge is 2.30. The topological polar surface area (TPSA) is 79.6 Å². The molecule has 1 N–H and O–H groups in total. The van der Waals surface area contributed by atoms with Crippen LogP contribution in [0.3, 0.4) is 0 Å². The van der Waals surface area contributed by atoms with Crippen molar-refractivity contribution in [2.75, 3.05) is 12.4 Å². The maximum atomic E-state index is 13.2. The van der Waals surface area contributed by atoms with Crippen molar-refractivity contribution in [3.8, 4) is 0 Å². The van der Waals surface area contributed by atoms with Gasteiger partial charge in [0.2, 0.25) is 10.0 Å². The molecule has 0 spiro atoms. The van der Waals surface area contributed by atoms with Crippen molar-refractivity contribution in [1.82, 2.24) is 4.31 Å². The zero-order valence-electron chi connectivity index (χ0n) is 19.1. The molecule has 0 bridgehead atoms. The van der Waals surface area contributed by atoms with Crippen molar-refractivity contribution in [1.29, 1.82) is 0 Å². The first-order valence-electron chi connectivity index (χ1n) is 11.1. The van der Waals surface area contributed by atoms with Crippen molar-refractivity contribution in [3.05, 3.63) is 58.8 Å². The van der Waals surface area contributed by atoms with Crippen molar-refractivity contribution >= 4 is 32.6 Å². The molecule has 170 valence electrons. The molecule has 1 aromatic heterocycles. The first-order chi connectivity index (χ1) is 15.2. The number of amides is 1. The molecule has 1 aliphatic carbocycles. The molecule has 0 atom stereocenters. The van der Waals surface area contributed by atoms with E-state index in [2.05, 4.69) is 5.32 Å². The van der Waals surface area contributed by atoms with E-state index in [4.69, 9.17) is 4.42 Å². The van der Waals surface area contributed by atoms with Gasteiger partial charge in [-0.05, 0) is 75.1 Å². The fraction of sp³-hybridized carbons (Fsp3) is 0.400. The van der Waals surface area contributed by atoms with Crippen LogP contribution in [0.5, 0.6) is 0 Å². The molecule has 1 aliphatic rings. The van der Waals surface area contributed by atoms with Crippen LogP contribution in [-0.2, 0) is 10.0 Å². The minimum Gasteiger partial charge on any atom is -0.451 e. The monoisotopic (exact) mass is 454 g/mol. The third-order valence-corrected chi connectivity index (χ3v) is 8.55. The van der Waals surface area contributed by atoms with Crippen LogP contribution < -0.4 is 5.32 Å². The van der Waals surface area contributed by atoms with Gasteiger partial charge in [0, 0.05) is 29.7 Å². The van der Waals surface area contributed by atoms with Crippen LogP contribution in [0.2, 0.25) is 0 Å². The summed E-state index contributed by atoms with van der Waals surface area (Å²) >= 11 is 0. The Morgan fingerprint density at radius 1 is 1.00 bits per heavy atom.